The summed E-state index contributed by atoms with van der Waals surface area (Å²) in [6.45, 7) is 6.68. The van der Waals surface area contributed by atoms with E-state index in [0.717, 1.165) is 32.1 Å². The van der Waals surface area contributed by atoms with E-state index < -0.39 is 5.97 Å². The third-order valence-corrected chi connectivity index (χ3v) is 9.45. The maximum absolute atomic E-state index is 13.2. The lowest BCUT2D eigenvalue weighted by Crippen LogP contribution is -2.56. The number of fused-ring (bicyclic) bond motifs is 5. The Morgan fingerprint density at radius 2 is 1.76 bits per heavy atom. The Labute approximate surface area is 151 Å². The Bertz CT molecular complexity index is 584. The summed E-state index contributed by atoms with van der Waals surface area (Å²) in [5.74, 6) is 1.60. The molecule has 0 aromatic rings. The molecule has 0 heterocycles. The van der Waals surface area contributed by atoms with Crippen LogP contribution in [0.4, 0.5) is 0 Å². The average Bonchev–Trinajstić information content (AvgIpc) is 2.91. The lowest BCUT2D eigenvalue weighted by atomic mass is 9.44. The van der Waals surface area contributed by atoms with Crippen LogP contribution in [0.5, 0.6) is 0 Å². The number of carbonyl (C=O) groups is 2. The fourth-order valence-electron chi connectivity index (χ4n) is 8.00. The molecule has 0 radical (unpaired) electrons. The van der Waals surface area contributed by atoms with Crippen molar-refractivity contribution >= 4 is 11.8 Å². The van der Waals surface area contributed by atoms with E-state index in [1.54, 1.807) is 0 Å². The first-order valence-corrected chi connectivity index (χ1v) is 10.5. The first kappa shape index (κ1) is 17.5. The van der Waals surface area contributed by atoms with Crippen LogP contribution < -0.4 is 0 Å². The first-order chi connectivity index (χ1) is 11.8. The summed E-state index contributed by atoms with van der Waals surface area (Å²) in [4.78, 5) is 24.8. The van der Waals surface area contributed by atoms with Crippen molar-refractivity contribution in [2.75, 3.05) is 0 Å². The molecule has 4 aliphatic rings. The zero-order chi connectivity index (χ0) is 18.0. The largest absolute Gasteiger partial charge is 0.481 e. The van der Waals surface area contributed by atoms with Crippen molar-refractivity contribution in [3.8, 4) is 0 Å². The number of Topliss-reactive ketones (excluding diaryl/α,β-unsaturated/α-hetero) is 1. The quantitative estimate of drug-likeness (QED) is 0.771. The van der Waals surface area contributed by atoms with Crippen LogP contribution in [0.25, 0.3) is 0 Å². The Hall–Kier alpha value is -0.860. The van der Waals surface area contributed by atoms with E-state index in [1.165, 1.54) is 25.7 Å². The Kier molecular flexibility index (Phi) is 4.09. The number of carboxylic acid groups (broad SMARTS) is 1. The molecule has 140 valence electrons. The standard InChI is InChI=1S/C22H34O3/c1-13(20(24)25)15-7-8-16-19-17(9-11-22(15,16)3)21(2)10-5-4-6-14(21)12-18(19)23/h13-17,19H,4-12H2,1-3H3,(H,24,25)/t13-,14?,15?,16-,17-,19-,21?,22?/m0/s1. The van der Waals surface area contributed by atoms with Gasteiger partial charge in [0, 0.05) is 12.3 Å². The van der Waals surface area contributed by atoms with Crippen LogP contribution in [0.1, 0.15) is 78.6 Å². The van der Waals surface area contributed by atoms with Gasteiger partial charge in [0.1, 0.15) is 5.78 Å². The van der Waals surface area contributed by atoms with Gasteiger partial charge in [-0.05, 0) is 73.0 Å². The lowest BCUT2D eigenvalue weighted by Gasteiger charge is -2.59. The van der Waals surface area contributed by atoms with Crippen LogP contribution in [0.15, 0.2) is 0 Å². The van der Waals surface area contributed by atoms with Crippen molar-refractivity contribution in [1.82, 2.24) is 0 Å². The van der Waals surface area contributed by atoms with E-state index in [0.29, 0.717) is 29.0 Å². The lowest BCUT2D eigenvalue weighted by molar-refractivity contribution is -0.158. The molecule has 4 unspecified atom stereocenters. The van der Waals surface area contributed by atoms with Crippen molar-refractivity contribution < 1.29 is 14.7 Å². The van der Waals surface area contributed by atoms with Gasteiger partial charge in [0.05, 0.1) is 5.92 Å². The smallest absolute Gasteiger partial charge is 0.306 e. The van der Waals surface area contributed by atoms with Gasteiger partial charge in [0.15, 0.2) is 0 Å². The molecule has 4 saturated carbocycles. The number of aliphatic carboxylic acids is 1. The molecule has 4 rings (SSSR count). The molecular weight excluding hydrogens is 312 g/mol. The molecule has 8 atom stereocenters. The second-order valence-electron chi connectivity index (χ2n) is 10.2. The molecule has 4 aliphatic carbocycles. The monoisotopic (exact) mass is 346 g/mol. The van der Waals surface area contributed by atoms with E-state index in [2.05, 4.69) is 13.8 Å². The number of hydrogen-bond acceptors (Lipinski definition) is 2. The van der Waals surface area contributed by atoms with E-state index in [-0.39, 0.29) is 23.2 Å². The van der Waals surface area contributed by atoms with Crippen molar-refractivity contribution in [1.29, 1.82) is 0 Å². The highest BCUT2D eigenvalue weighted by molar-refractivity contribution is 5.83. The number of hydrogen-bond donors (Lipinski definition) is 1. The maximum atomic E-state index is 13.2. The fraction of sp³-hybridized carbons (Fsp3) is 0.909. The topological polar surface area (TPSA) is 54.4 Å². The minimum atomic E-state index is -0.664. The molecule has 1 N–H and O–H groups in total. The second-order valence-corrected chi connectivity index (χ2v) is 10.2. The molecule has 0 bridgehead atoms. The molecule has 0 aromatic heterocycles. The third-order valence-electron chi connectivity index (χ3n) is 9.45. The summed E-state index contributed by atoms with van der Waals surface area (Å²) in [6, 6.07) is 0. The minimum Gasteiger partial charge on any atom is -0.481 e. The predicted molar refractivity (Wildman–Crippen MR) is 97.0 cm³/mol. The number of carboxylic acids is 1. The third kappa shape index (κ3) is 2.36. The van der Waals surface area contributed by atoms with E-state index in [9.17, 15) is 14.7 Å². The zero-order valence-electron chi connectivity index (χ0n) is 16.1. The molecule has 3 heteroatoms. The molecule has 0 aromatic carbocycles. The van der Waals surface area contributed by atoms with Crippen molar-refractivity contribution in [2.24, 2.45) is 46.3 Å². The van der Waals surface area contributed by atoms with Gasteiger partial charge >= 0.3 is 5.97 Å². The van der Waals surface area contributed by atoms with Gasteiger partial charge in [-0.15, -0.1) is 0 Å². The summed E-state index contributed by atoms with van der Waals surface area (Å²) >= 11 is 0. The van der Waals surface area contributed by atoms with E-state index >= 15 is 0 Å². The molecule has 0 aliphatic heterocycles. The highest BCUT2D eigenvalue weighted by atomic mass is 16.4. The van der Waals surface area contributed by atoms with Crippen LogP contribution in [0.3, 0.4) is 0 Å². The van der Waals surface area contributed by atoms with Gasteiger partial charge in [-0.2, -0.15) is 0 Å². The number of ketones is 1. The van der Waals surface area contributed by atoms with Crippen molar-refractivity contribution in [3.05, 3.63) is 0 Å². The number of carbonyl (C=O) groups excluding carboxylic acids is 1. The fourth-order valence-corrected chi connectivity index (χ4v) is 8.00. The van der Waals surface area contributed by atoms with Gasteiger partial charge in [-0.25, -0.2) is 0 Å². The number of rotatable bonds is 2. The predicted octanol–water partition coefficient (Wildman–Crippen LogP) is 4.94. The first-order valence-electron chi connectivity index (χ1n) is 10.5. The van der Waals surface area contributed by atoms with Crippen LogP contribution in [-0.4, -0.2) is 16.9 Å². The van der Waals surface area contributed by atoms with Crippen LogP contribution in [-0.2, 0) is 9.59 Å². The molecular formula is C22H34O3. The van der Waals surface area contributed by atoms with Crippen LogP contribution >= 0.6 is 0 Å². The second kappa shape index (κ2) is 5.82. The van der Waals surface area contributed by atoms with Crippen LogP contribution in [0.2, 0.25) is 0 Å². The Morgan fingerprint density at radius 1 is 1.04 bits per heavy atom. The molecule has 0 spiro atoms. The van der Waals surface area contributed by atoms with Gasteiger partial charge in [0.2, 0.25) is 0 Å². The molecule has 0 saturated heterocycles. The highest BCUT2D eigenvalue weighted by Gasteiger charge is 2.62. The van der Waals surface area contributed by atoms with Gasteiger partial charge in [0.25, 0.3) is 0 Å². The average molecular weight is 347 g/mol. The SMILES string of the molecule is C[C@H](C(=O)O)C1CC[C@H]2[C@@H]3C(=O)CC4CCCCC4(C)[C@H]3CCC12C. The maximum Gasteiger partial charge on any atom is 0.306 e. The summed E-state index contributed by atoms with van der Waals surface area (Å²) in [5, 5.41) is 9.56. The summed E-state index contributed by atoms with van der Waals surface area (Å²) < 4.78 is 0. The molecule has 25 heavy (non-hydrogen) atoms. The Balaban J connectivity index is 1.66. The van der Waals surface area contributed by atoms with Gasteiger partial charge in [-0.1, -0.05) is 33.6 Å². The van der Waals surface area contributed by atoms with Crippen molar-refractivity contribution in [2.45, 2.75) is 78.6 Å². The van der Waals surface area contributed by atoms with E-state index in [4.69, 9.17) is 0 Å². The molecule has 4 fully saturated rings. The normalized spacial score (nSPS) is 50.5. The van der Waals surface area contributed by atoms with Gasteiger partial charge in [-0.3, -0.25) is 9.59 Å². The van der Waals surface area contributed by atoms with Crippen LogP contribution in [0, 0.1) is 46.3 Å². The minimum absolute atomic E-state index is 0.0481. The van der Waals surface area contributed by atoms with Crippen molar-refractivity contribution in [3.63, 3.8) is 0 Å². The zero-order valence-corrected chi connectivity index (χ0v) is 16.1. The highest BCUT2D eigenvalue weighted by Crippen LogP contribution is 2.67. The van der Waals surface area contributed by atoms with E-state index in [1.807, 2.05) is 6.92 Å². The molecule has 0 amide bonds. The van der Waals surface area contributed by atoms with Gasteiger partial charge < -0.3 is 5.11 Å². The Morgan fingerprint density at radius 3 is 2.48 bits per heavy atom. The molecule has 3 nitrogen and oxygen atoms in total. The summed E-state index contributed by atoms with van der Waals surface area (Å²) in [7, 11) is 0. The summed E-state index contributed by atoms with van der Waals surface area (Å²) in [6.07, 6.45) is 10.3. The summed E-state index contributed by atoms with van der Waals surface area (Å²) in [5.41, 5.74) is 0.404.